The summed E-state index contributed by atoms with van der Waals surface area (Å²) >= 11 is 0. The summed E-state index contributed by atoms with van der Waals surface area (Å²) < 4.78 is 30.3. The minimum atomic E-state index is -3.70. The Hall–Kier alpha value is -3.75. The van der Waals surface area contributed by atoms with Crippen LogP contribution in [0.1, 0.15) is 25.0 Å². The molecular formula is C29H27N3O4S. The molecule has 2 atom stereocenters. The standard InChI is InChI=1S/C29H27N3O4S/c1-19(33)30-25-8-10-26(11-9-25)37(35,36)31-16-20-14-24(18-31)28-13-12-27(29(34)32(28)17-20)23-7-6-21-4-2-3-5-22(21)15-23/h2-13,15,20,24H,14,16-18H2,1H3,(H,30,33)/t20-,24+/m0/s1. The number of benzene rings is 3. The van der Waals surface area contributed by atoms with Gasteiger partial charge in [0.2, 0.25) is 15.9 Å². The molecule has 0 spiro atoms. The third kappa shape index (κ3) is 4.26. The molecule has 2 aliphatic rings. The molecule has 1 aromatic heterocycles. The fraction of sp³-hybridized carbons (Fsp3) is 0.241. The van der Waals surface area contributed by atoms with Gasteiger partial charge in [0.25, 0.3) is 5.56 Å². The first-order valence-electron chi connectivity index (χ1n) is 12.4. The average Bonchev–Trinajstić information content (AvgIpc) is 2.89. The Kier molecular flexibility index (Phi) is 5.73. The molecule has 188 valence electrons. The molecule has 0 radical (unpaired) electrons. The van der Waals surface area contributed by atoms with Gasteiger partial charge in [-0.05, 0) is 71.1 Å². The molecule has 8 heteroatoms. The number of nitrogens with one attached hydrogen (secondary N) is 1. The number of hydrogen-bond acceptors (Lipinski definition) is 4. The van der Waals surface area contributed by atoms with Gasteiger partial charge >= 0.3 is 0 Å². The summed E-state index contributed by atoms with van der Waals surface area (Å²) in [6.07, 6.45) is 0.863. The first-order chi connectivity index (χ1) is 17.8. The van der Waals surface area contributed by atoms with Crippen molar-refractivity contribution in [1.29, 1.82) is 0 Å². The number of nitrogens with zero attached hydrogens (tertiary/aromatic N) is 2. The maximum atomic E-state index is 13.6. The molecule has 4 aromatic rings. The number of rotatable bonds is 4. The van der Waals surface area contributed by atoms with Crippen LogP contribution in [0.4, 0.5) is 5.69 Å². The quantitative estimate of drug-likeness (QED) is 0.437. The van der Waals surface area contributed by atoms with Crippen LogP contribution in [0.5, 0.6) is 0 Å². The van der Waals surface area contributed by atoms with Gasteiger partial charge in [0, 0.05) is 49.4 Å². The Morgan fingerprint density at radius 1 is 0.892 bits per heavy atom. The smallest absolute Gasteiger partial charge is 0.258 e. The van der Waals surface area contributed by atoms with E-state index in [1.165, 1.54) is 19.1 Å². The molecule has 1 fully saturated rings. The summed E-state index contributed by atoms with van der Waals surface area (Å²) in [4.78, 5) is 25.1. The van der Waals surface area contributed by atoms with Gasteiger partial charge in [0.1, 0.15) is 0 Å². The van der Waals surface area contributed by atoms with Gasteiger partial charge in [-0.2, -0.15) is 4.31 Å². The van der Waals surface area contributed by atoms with Gasteiger partial charge in [-0.3, -0.25) is 9.59 Å². The molecule has 6 rings (SSSR count). The summed E-state index contributed by atoms with van der Waals surface area (Å²) in [5, 5.41) is 4.87. The third-order valence-corrected chi connectivity index (χ3v) is 9.29. The van der Waals surface area contributed by atoms with E-state index < -0.39 is 10.0 Å². The van der Waals surface area contributed by atoms with E-state index in [4.69, 9.17) is 0 Å². The van der Waals surface area contributed by atoms with Crippen molar-refractivity contribution in [3.63, 3.8) is 0 Å². The van der Waals surface area contributed by atoms with Crippen molar-refractivity contribution in [1.82, 2.24) is 8.87 Å². The second-order valence-corrected chi connectivity index (χ2v) is 11.9. The highest BCUT2D eigenvalue weighted by molar-refractivity contribution is 7.89. The molecular weight excluding hydrogens is 486 g/mol. The largest absolute Gasteiger partial charge is 0.326 e. The topological polar surface area (TPSA) is 88.5 Å². The number of hydrogen-bond donors (Lipinski definition) is 1. The van der Waals surface area contributed by atoms with Crippen LogP contribution < -0.4 is 10.9 Å². The van der Waals surface area contributed by atoms with Gasteiger partial charge in [0.15, 0.2) is 0 Å². The number of amides is 1. The lowest BCUT2D eigenvalue weighted by Gasteiger charge is -2.42. The van der Waals surface area contributed by atoms with E-state index in [1.807, 2.05) is 53.1 Å². The minimum Gasteiger partial charge on any atom is -0.326 e. The predicted molar refractivity (Wildman–Crippen MR) is 144 cm³/mol. The number of sulfonamides is 1. The lowest BCUT2D eigenvalue weighted by Crippen LogP contribution is -2.49. The van der Waals surface area contributed by atoms with Crippen LogP contribution in [0.2, 0.25) is 0 Å². The fourth-order valence-electron chi connectivity index (χ4n) is 5.74. The zero-order chi connectivity index (χ0) is 25.7. The molecule has 1 saturated heterocycles. The van der Waals surface area contributed by atoms with E-state index in [9.17, 15) is 18.0 Å². The fourth-order valence-corrected chi connectivity index (χ4v) is 7.30. The normalized spacial score (nSPS) is 19.4. The average molecular weight is 514 g/mol. The van der Waals surface area contributed by atoms with Crippen molar-refractivity contribution in [2.24, 2.45) is 5.92 Å². The van der Waals surface area contributed by atoms with Crippen LogP contribution in [0, 0.1) is 5.92 Å². The third-order valence-electron chi connectivity index (χ3n) is 7.44. The summed E-state index contributed by atoms with van der Waals surface area (Å²) in [7, 11) is -3.70. The Balaban J connectivity index is 1.29. The first kappa shape index (κ1) is 23.6. The Labute approximate surface area is 215 Å². The number of carbonyl (C=O) groups excluding carboxylic acids is 1. The molecule has 0 unspecified atom stereocenters. The van der Waals surface area contributed by atoms with Gasteiger partial charge in [-0.15, -0.1) is 0 Å². The van der Waals surface area contributed by atoms with Crippen molar-refractivity contribution in [3.05, 3.63) is 94.9 Å². The van der Waals surface area contributed by atoms with Crippen LogP contribution in [-0.2, 0) is 21.4 Å². The lowest BCUT2D eigenvalue weighted by atomic mass is 9.84. The molecule has 1 amide bonds. The maximum Gasteiger partial charge on any atom is 0.258 e. The second-order valence-electron chi connectivity index (χ2n) is 9.98. The van der Waals surface area contributed by atoms with Gasteiger partial charge in [-0.1, -0.05) is 36.4 Å². The van der Waals surface area contributed by atoms with E-state index in [0.717, 1.165) is 28.5 Å². The number of fused-ring (bicyclic) bond motifs is 5. The number of anilines is 1. The minimum absolute atomic E-state index is 0.0210. The van der Waals surface area contributed by atoms with Crippen molar-refractivity contribution >= 4 is 32.4 Å². The highest BCUT2D eigenvalue weighted by Gasteiger charge is 2.39. The van der Waals surface area contributed by atoms with Crippen molar-refractivity contribution < 1.29 is 13.2 Å². The summed E-state index contributed by atoms with van der Waals surface area (Å²) in [5.41, 5.74) is 2.98. The van der Waals surface area contributed by atoms with E-state index in [1.54, 1.807) is 16.4 Å². The molecule has 2 aliphatic heterocycles. The predicted octanol–water partition coefficient (Wildman–Crippen LogP) is 4.43. The number of piperidine rings is 1. The molecule has 0 saturated carbocycles. The van der Waals surface area contributed by atoms with Gasteiger partial charge < -0.3 is 9.88 Å². The zero-order valence-corrected chi connectivity index (χ0v) is 21.2. The highest BCUT2D eigenvalue weighted by atomic mass is 32.2. The molecule has 37 heavy (non-hydrogen) atoms. The van der Waals surface area contributed by atoms with Crippen molar-refractivity contribution in [2.75, 3.05) is 18.4 Å². The van der Waals surface area contributed by atoms with Crippen LogP contribution in [0.3, 0.4) is 0 Å². The molecule has 1 N–H and O–H groups in total. The van der Waals surface area contributed by atoms with Crippen LogP contribution in [0.25, 0.3) is 21.9 Å². The highest BCUT2D eigenvalue weighted by Crippen LogP contribution is 2.38. The second kappa shape index (κ2) is 8.97. The molecule has 0 aliphatic carbocycles. The van der Waals surface area contributed by atoms with Gasteiger partial charge in [0.05, 0.1) is 4.90 Å². The summed E-state index contributed by atoms with van der Waals surface area (Å²) in [6, 6.07) is 24.3. The van der Waals surface area contributed by atoms with Crippen LogP contribution >= 0.6 is 0 Å². The Bertz CT molecular complexity index is 1690. The Morgan fingerprint density at radius 3 is 2.41 bits per heavy atom. The van der Waals surface area contributed by atoms with Crippen LogP contribution in [0.15, 0.2) is 88.6 Å². The maximum absolute atomic E-state index is 13.6. The zero-order valence-electron chi connectivity index (χ0n) is 20.4. The van der Waals surface area contributed by atoms with Crippen molar-refractivity contribution in [2.45, 2.75) is 30.7 Å². The summed E-state index contributed by atoms with van der Waals surface area (Å²) in [6.45, 7) is 2.62. The lowest BCUT2D eigenvalue weighted by molar-refractivity contribution is -0.114. The number of pyridine rings is 1. The van der Waals surface area contributed by atoms with E-state index >= 15 is 0 Å². The summed E-state index contributed by atoms with van der Waals surface area (Å²) in [5.74, 6) is -0.194. The number of carbonyl (C=O) groups is 1. The molecule has 3 heterocycles. The SMILES string of the molecule is CC(=O)Nc1ccc(S(=O)(=O)N2C[C@@H]3C[C@H](C2)c2ccc(-c4ccc5ccccc5c4)c(=O)n2C3)cc1. The first-order valence-corrected chi connectivity index (χ1v) is 13.8. The van der Waals surface area contributed by atoms with E-state index in [-0.39, 0.29) is 28.2 Å². The van der Waals surface area contributed by atoms with Crippen molar-refractivity contribution in [3.8, 4) is 11.1 Å². The Morgan fingerprint density at radius 2 is 1.65 bits per heavy atom. The molecule has 3 aromatic carbocycles. The van der Waals surface area contributed by atoms with Gasteiger partial charge in [-0.25, -0.2) is 8.42 Å². The molecule has 2 bridgehead atoms. The monoisotopic (exact) mass is 513 g/mol. The molecule has 7 nitrogen and oxygen atoms in total. The number of aromatic nitrogens is 1. The van der Waals surface area contributed by atoms with Crippen LogP contribution in [-0.4, -0.2) is 36.3 Å². The van der Waals surface area contributed by atoms with E-state index in [0.29, 0.717) is 30.9 Å². The van der Waals surface area contributed by atoms with E-state index in [2.05, 4.69) is 11.4 Å².